The topological polar surface area (TPSA) is 70.6 Å². The number of aromatic nitrogens is 1. The summed E-state index contributed by atoms with van der Waals surface area (Å²) >= 11 is 0. The van der Waals surface area contributed by atoms with E-state index in [1.165, 1.54) is 0 Å². The Morgan fingerprint density at radius 2 is 1.92 bits per heavy atom. The van der Waals surface area contributed by atoms with E-state index >= 15 is 0 Å². The maximum atomic E-state index is 12.9. The van der Waals surface area contributed by atoms with Crippen molar-refractivity contribution in [3.63, 3.8) is 0 Å². The summed E-state index contributed by atoms with van der Waals surface area (Å²) in [5.74, 6) is 0.200. The summed E-state index contributed by atoms with van der Waals surface area (Å²) in [6.07, 6.45) is 4.67. The lowest BCUT2D eigenvalue weighted by atomic mass is 10.0. The highest BCUT2D eigenvalue weighted by molar-refractivity contribution is 7.90. The van der Waals surface area contributed by atoms with Gasteiger partial charge in [-0.3, -0.25) is 9.78 Å². The lowest BCUT2D eigenvalue weighted by Crippen LogP contribution is -2.36. The number of fused-ring (bicyclic) bond motifs is 1. The van der Waals surface area contributed by atoms with Crippen molar-refractivity contribution in [2.45, 2.75) is 38.5 Å². The average Bonchev–Trinajstić information content (AvgIpc) is 2.70. The third kappa shape index (κ3) is 3.32. The fraction of sp³-hybridized carbons (Fsp3) is 0.647. The molecule has 0 radical (unpaired) electrons. The van der Waals surface area contributed by atoms with E-state index in [2.05, 4.69) is 4.98 Å². The van der Waals surface area contributed by atoms with Crippen LogP contribution in [0.25, 0.3) is 0 Å². The first-order chi connectivity index (χ1) is 11.4. The van der Waals surface area contributed by atoms with Crippen molar-refractivity contribution in [2.24, 2.45) is 11.8 Å². The van der Waals surface area contributed by atoms with E-state index in [0.717, 1.165) is 12.0 Å². The first kappa shape index (κ1) is 17.4. The van der Waals surface area contributed by atoms with Gasteiger partial charge >= 0.3 is 0 Å². The minimum absolute atomic E-state index is 0.0391. The molecule has 2 aliphatic heterocycles. The molecule has 2 atom stereocenters. The van der Waals surface area contributed by atoms with Gasteiger partial charge in [-0.2, -0.15) is 4.31 Å². The summed E-state index contributed by atoms with van der Waals surface area (Å²) < 4.78 is 27.4. The molecule has 0 spiro atoms. The standard InChI is InChI=1S/C17H25N3O3S/c1-13(2)17(21)19-9-5-15-12-20(11-14-3-7-18-8-4-14)24(22,23)16(15)6-10-19/h3-4,7-8,13,15-16H,5-6,9-12H2,1-2H3/t15-,16-/m1/s1. The Morgan fingerprint density at radius 1 is 1.25 bits per heavy atom. The molecule has 3 heterocycles. The summed E-state index contributed by atoms with van der Waals surface area (Å²) in [4.78, 5) is 18.0. The Labute approximate surface area is 143 Å². The number of carbonyl (C=O) groups excluding carboxylic acids is 1. The molecule has 24 heavy (non-hydrogen) atoms. The van der Waals surface area contributed by atoms with Crippen molar-refractivity contribution in [3.8, 4) is 0 Å². The predicted octanol–water partition coefficient (Wildman–Crippen LogP) is 1.49. The molecule has 132 valence electrons. The van der Waals surface area contributed by atoms with Crippen LogP contribution in [0.4, 0.5) is 0 Å². The highest BCUT2D eigenvalue weighted by Gasteiger charge is 2.47. The second kappa shape index (κ2) is 6.80. The summed E-state index contributed by atoms with van der Waals surface area (Å²) in [7, 11) is -3.30. The first-order valence-electron chi connectivity index (χ1n) is 8.56. The fourth-order valence-electron chi connectivity index (χ4n) is 3.73. The number of nitrogens with zero attached hydrogens (tertiary/aromatic N) is 3. The van der Waals surface area contributed by atoms with Crippen LogP contribution in [-0.4, -0.2) is 53.4 Å². The van der Waals surface area contributed by atoms with Crippen LogP contribution >= 0.6 is 0 Å². The number of likely N-dealkylation sites (tertiary alicyclic amines) is 1. The predicted molar refractivity (Wildman–Crippen MR) is 91.5 cm³/mol. The number of hydrogen-bond acceptors (Lipinski definition) is 4. The minimum Gasteiger partial charge on any atom is -0.342 e. The minimum atomic E-state index is -3.30. The molecular formula is C17H25N3O3S. The maximum Gasteiger partial charge on any atom is 0.225 e. The normalized spacial score (nSPS) is 27.0. The SMILES string of the molecule is CC(C)C(=O)N1CC[C@@H]2CN(Cc3ccncc3)S(=O)(=O)[C@@H]2CC1. The van der Waals surface area contributed by atoms with Gasteiger partial charge in [0, 0.05) is 44.5 Å². The number of rotatable bonds is 3. The Kier molecular flexibility index (Phi) is 4.92. The zero-order chi connectivity index (χ0) is 17.3. The van der Waals surface area contributed by atoms with Gasteiger partial charge in [-0.25, -0.2) is 8.42 Å². The summed E-state index contributed by atoms with van der Waals surface area (Å²) in [5.41, 5.74) is 0.960. The molecule has 0 unspecified atom stereocenters. The molecule has 2 aliphatic rings. The second-order valence-electron chi connectivity index (χ2n) is 7.05. The molecule has 2 saturated heterocycles. The lowest BCUT2D eigenvalue weighted by Gasteiger charge is -2.23. The van der Waals surface area contributed by atoms with Gasteiger partial charge in [0.15, 0.2) is 0 Å². The van der Waals surface area contributed by atoms with Gasteiger partial charge in [0.25, 0.3) is 0 Å². The van der Waals surface area contributed by atoms with Gasteiger partial charge < -0.3 is 4.90 Å². The van der Waals surface area contributed by atoms with Crippen molar-refractivity contribution in [2.75, 3.05) is 19.6 Å². The Balaban J connectivity index is 1.72. The van der Waals surface area contributed by atoms with Crippen LogP contribution in [-0.2, 0) is 21.4 Å². The van der Waals surface area contributed by atoms with Gasteiger partial charge in [-0.1, -0.05) is 13.8 Å². The van der Waals surface area contributed by atoms with Gasteiger partial charge in [0.2, 0.25) is 15.9 Å². The van der Waals surface area contributed by atoms with E-state index < -0.39 is 10.0 Å². The van der Waals surface area contributed by atoms with E-state index in [-0.39, 0.29) is 23.0 Å². The van der Waals surface area contributed by atoms with Crippen LogP contribution in [0.2, 0.25) is 0 Å². The molecule has 0 bridgehead atoms. The van der Waals surface area contributed by atoms with Crippen LogP contribution < -0.4 is 0 Å². The summed E-state index contributed by atoms with van der Waals surface area (Å²) in [6, 6.07) is 3.71. The van der Waals surface area contributed by atoms with Crippen LogP contribution in [0.5, 0.6) is 0 Å². The second-order valence-corrected chi connectivity index (χ2v) is 9.20. The highest BCUT2D eigenvalue weighted by atomic mass is 32.2. The van der Waals surface area contributed by atoms with Crippen molar-refractivity contribution < 1.29 is 13.2 Å². The molecule has 0 saturated carbocycles. The first-order valence-corrected chi connectivity index (χ1v) is 10.1. The number of sulfonamides is 1. The Morgan fingerprint density at radius 3 is 2.58 bits per heavy atom. The van der Waals surface area contributed by atoms with E-state index in [0.29, 0.717) is 32.6 Å². The van der Waals surface area contributed by atoms with Crippen molar-refractivity contribution in [3.05, 3.63) is 30.1 Å². The average molecular weight is 351 g/mol. The number of carbonyl (C=O) groups is 1. The number of pyridine rings is 1. The van der Waals surface area contributed by atoms with E-state index in [9.17, 15) is 13.2 Å². The molecule has 3 rings (SSSR count). The largest absolute Gasteiger partial charge is 0.342 e. The molecule has 7 heteroatoms. The summed E-state index contributed by atoms with van der Waals surface area (Å²) in [6.45, 7) is 5.95. The summed E-state index contributed by atoms with van der Waals surface area (Å²) in [5, 5.41) is -0.357. The Bertz CT molecular complexity index is 690. The number of amides is 1. The van der Waals surface area contributed by atoms with Gasteiger partial charge in [-0.15, -0.1) is 0 Å². The molecule has 2 fully saturated rings. The molecule has 1 aromatic heterocycles. The van der Waals surface area contributed by atoms with Gasteiger partial charge in [0.1, 0.15) is 0 Å². The molecular weight excluding hydrogens is 326 g/mol. The van der Waals surface area contributed by atoms with Crippen molar-refractivity contribution in [1.29, 1.82) is 0 Å². The van der Waals surface area contributed by atoms with Crippen molar-refractivity contribution in [1.82, 2.24) is 14.2 Å². The highest BCUT2D eigenvalue weighted by Crippen LogP contribution is 2.35. The number of hydrogen-bond donors (Lipinski definition) is 0. The monoisotopic (exact) mass is 351 g/mol. The van der Waals surface area contributed by atoms with Gasteiger partial charge in [-0.05, 0) is 36.5 Å². The van der Waals surface area contributed by atoms with Gasteiger partial charge in [0.05, 0.1) is 5.25 Å². The quantitative estimate of drug-likeness (QED) is 0.827. The smallest absolute Gasteiger partial charge is 0.225 e. The fourth-order valence-corrected chi connectivity index (χ4v) is 5.95. The third-order valence-electron chi connectivity index (χ3n) is 5.07. The van der Waals surface area contributed by atoms with E-state index in [1.807, 2.05) is 30.9 Å². The van der Waals surface area contributed by atoms with Crippen molar-refractivity contribution >= 4 is 15.9 Å². The molecule has 1 aromatic rings. The van der Waals surface area contributed by atoms with E-state index in [4.69, 9.17) is 0 Å². The third-order valence-corrected chi connectivity index (χ3v) is 7.46. The lowest BCUT2D eigenvalue weighted by molar-refractivity contribution is -0.134. The zero-order valence-corrected chi connectivity index (χ0v) is 15.1. The van der Waals surface area contributed by atoms with Crippen LogP contribution in [0, 0.1) is 11.8 Å². The van der Waals surface area contributed by atoms with Crippen LogP contribution in [0.1, 0.15) is 32.3 Å². The van der Waals surface area contributed by atoms with Crippen LogP contribution in [0.3, 0.4) is 0 Å². The molecule has 0 N–H and O–H groups in total. The molecule has 1 amide bonds. The van der Waals surface area contributed by atoms with Crippen LogP contribution in [0.15, 0.2) is 24.5 Å². The molecule has 0 aliphatic carbocycles. The van der Waals surface area contributed by atoms with E-state index in [1.54, 1.807) is 16.7 Å². The Hall–Kier alpha value is -1.47. The molecule has 6 nitrogen and oxygen atoms in total. The zero-order valence-electron chi connectivity index (χ0n) is 14.3. The molecule has 0 aromatic carbocycles. The maximum absolute atomic E-state index is 12.9.